The van der Waals surface area contributed by atoms with Gasteiger partial charge in [-0.05, 0) is 29.2 Å². The van der Waals surface area contributed by atoms with E-state index in [0.29, 0.717) is 0 Å². The number of benzene rings is 1. The SMILES string of the molecule is Nc1ccccc1C=Cc1cccs1. The Bertz CT molecular complexity index is 429. The normalized spacial score (nSPS) is 10.9. The van der Waals surface area contributed by atoms with Gasteiger partial charge in [0.05, 0.1) is 0 Å². The molecular weight excluding hydrogens is 190 g/mol. The van der Waals surface area contributed by atoms with E-state index in [1.54, 1.807) is 11.3 Å². The van der Waals surface area contributed by atoms with Gasteiger partial charge < -0.3 is 5.73 Å². The maximum absolute atomic E-state index is 5.81. The molecule has 0 fully saturated rings. The van der Waals surface area contributed by atoms with Crippen LogP contribution in [-0.4, -0.2) is 0 Å². The van der Waals surface area contributed by atoms with Gasteiger partial charge in [0.15, 0.2) is 0 Å². The zero-order valence-corrected chi connectivity index (χ0v) is 8.50. The summed E-state index contributed by atoms with van der Waals surface area (Å²) < 4.78 is 0. The van der Waals surface area contributed by atoms with Crippen LogP contribution in [0.15, 0.2) is 41.8 Å². The van der Waals surface area contributed by atoms with E-state index < -0.39 is 0 Å². The molecule has 2 heteroatoms. The number of nitrogens with two attached hydrogens (primary N) is 1. The van der Waals surface area contributed by atoms with Crippen LogP contribution in [0, 0.1) is 0 Å². The minimum atomic E-state index is 0.820. The van der Waals surface area contributed by atoms with E-state index in [-0.39, 0.29) is 0 Å². The number of nitrogen functional groups attached to an aromatic ring is 1. The molecule has 0 aliphatic heterocycles. The van der Waals surface area contributed by atoms with Crippen LogP contribution in [-0.2, 0) is 0 Å². The maximum atomic E-state index is 5.81. The molecule has 1 nitrogen and oxygen atoms in total. The first kappa shape index (κ1) is 9.03. The number of para-hydroxylation sites is 1. The van der Waals surface area contributed by atoms with Gasteiger partial charge in [-0.2, -0.15) is 0 Å². The zero-order valence-electron chi connectivity index (χ0n) is 7.68. The van der Waals surface area contributed by atoms with E-state index in [9.17, 15) is 0 Å². The summed E-state index contributed by atoms with van der Waals surface area (Å²) in [4.78, 5) is 1.24. The van der Waals surface area contributed by atoms with Crippen molar-refractivity contribution in [3.05, 3.63) is 52.2 Å². The number of hydrogen-bond acceptors (Lipinski definition) is 2. The van der Waals surface area contributed by atoms with E-state index in [1.807, 2.05) is 36.4 Å². The summed E-state index contributed by atoms with van der Waals surface area (Å²) in [5, 5.41) is 2.06. The Morgan fingerprint density at radius 1 is 1.00 bits per heavy atom. The molecule has 0 aliphatic carbocycles. The van der Waals surface area contributed by atoms with Gasteiger partial charge in [0.25, 0.3) is 0 Å². The fraction of sp³-hybridized carbons (Fsp3) is 0. The van der Waals surface area contributed by atoms with Gasteiger partial charge in [0.1, 0.15) is 0 Å². The number of hydrogen-bond donors (Lipinski definition) is 1. The third-order valence-electron chi connectivity index (χ3n) is 1.97. The van der Waals surface area contributed by atoms with Gasteiger partial charge in [0.2, 0.25) is 0 Å². The molecule has 0 saturated carbocycles. The number of rotatable bonds is 2. The molecule has 0 spiro atoms. The summed E-state index contributed by atoms with van der Waals surface area (Å²) in [6, 6.07) is 12.0. The first-order valence-electron chi connectivity index (χ1n) is 4.42. The third-order valence-corrected chi connectivity index (χ3v) is 2.80. The highest BCUT2D eigenvalue weighted by atomic mass is 32.1. The minimum absolute atomic E-state index is 0.820. The van der Waals surface area contributed by atoms with Gasteiger partial charge in [-0.25, -0.2) is 0 Å². The van der Waals surface area contributed by atoms with Crippen LogP contribution >= 0.6 is 11.3 Å². The quantitative estimate of drug-likeness (QED) is 0.739. The Balaban J connectivity index is 2.23. The van der Waals surface area contributed by atoms with Crippen molar-refractivity contribution in [3.63, 3.8) is 0 Å². The summed E-state index contributed by atoms with van der Waals surface area (Å²) in [6.07, 6.45) is 4.12. The van der Waals surface area contributed by atoms with Crippen LogP contribution in [0.25, 0.3) is 12.2 Å². The molecule has 0 bridgehead atoms. The second-order valence-electron chi connectivity index (χ2n) is 2.98. The largest absolute Gasteiger partial charge is 0.398 e. The van der Waals surface area contributed by atoms with Crippen molar-refractivity contribution in [2.75, 3.05) is 5.73 Å². The number of anilines is 1. The Morgan fingerprint density at radius 3 is 2.57 bits per heavy atom. The van der Waals surface area contributed by atoms with Crippen LogP contribution in [0.3, 0.4) is 0 Å². The molecule has 0 atom stereocenters. The zero-order chi connectivity index (χ0) is 9.80. The monoisotopic (exact) mass is 201 g/mol. The van der Waals surface area contributed by atoms with Crippen molar-refractivity contribution in [3.8, 4) is 0 Å². The molecule has 14 heavy (non-hydrogen) atoms. The van der Waals surface area contributed by atoms with Gasteiger partial charge >= 0.3 is 0 Å². The van der Waals surface area contributed by atoms with Crippen molar-refractivity contribution >= 4 is 29.2 Å². The molecule has 0 saturated heterocycles. The fourth-order valence-electron chi connectivity index (χ4n) is 1.22. The second-order valence-corrected chi connectivity index (χ2v) is 3.96. The predicted molar refractivity (Wildman–Crippen MR) is 64.1 cm³/mol. The van der Waals surface area contributed by atoms with E-state index in [4.69, 9.17) is 5.73 Å². The molecule has 1 aromatic carbocycles. The Labute approximate surface area is 87.5 Å². The summed E-state index contributed by atoms with van der Waals surface area (Å²) in [6.45, 7) is 0. The molecule has 0 amide bonds. The van der Waals surface area contributed by atoms with E-state index in [1.165, 1.54) is 4.88 Å². The first-order chi connectivity index (χ1) is 6.86. The van der Waals surface area contributed by atoms with Gasteiger partial charge in [-0.1, -0.05) is 30.3 Å². The molecule has 0 unspecified atom stereocenters. The fourth-order valence-corrected chi connectivity index (χ4v) is 1.84. The molecule has 2 rings (SSSR count). The lowest BCUT2D eigenvalue weighted by atomic mass is 10.1. The lowest BCUT2D eigenvalue weighted by Gasteiger charge is -1.97. The standard InChI is InChI=1S/C12H11NS/c13-12-6-2-1-4-10(12)7-8-11-5-3-9-14-11/h1-9H,13H2. The molecule has 70 valence electrons. The average Bonchev–Trinajstić information content (AvgIpc) is 2.69. The number of thiophene rings is 1. The Morgan fingerprint density at radius 2 is 1.86 bits per heavy atom. The van der Waals surface area contributed by atoms with E-state index in [2.05, 4.69) is 17.5 Å². The van der Waals surface area contributed by atoms with Crippen LogP contribution in [0.1, 0.15) is 10.4 Å². The average molecular weight is 201 g/mol. The molecule has 2 aromatic rings. The molecule has 1 heterocycles. The van der Waals surface area contributed by atoms with Crippen molar-refractivity contribution in [2.24, 2.45) is 0 Å². The lowest BCUT2D eigenvalue weighted by Crippen LogP contribution is -1.86. The third kappa shape index (κ3) is 2.03. The summed E-state index contributed by atoms with van der Waals surface area (Å²) in [5.74, 6) is 0. The van der Waals surface area contributed by atoms with Gasteiger partial charge in [-0.3, -0.25) is 0 Å². The van der Waals surface area contributed by atoms with Crippen molar-refractivity contribution in [1.29, 1.82) is 0 Å². The molecular formula is C12H11NS. The summed E-state index contributed by atoms with van der Waals surface area (Å²) in [5.41, 5.74) is 7.70. The van der Waals surface area contributed by atoms with Crippen molar-refractivity contribution in [2.45, 2.75) is 0 Å². The van der Waals surface area contributed by atoms with Crippen LogP contribution < -0.4 is 5.73 Å². The van der Waals surface area contributed by atoms with Crippen molar-refractivity contribution < 1.29 is 0 Å². The van der Waals surface area contributed by atoms with E-state index >= 15 is 0 Å². The lowest BCUT2D eigenvalue weighted by molar-refractivity contribution is 1.64. The van der Waals surface area contributed by atoms with Crippen molar-refractivity contribution in [1.82, 2.24) is 0 Å². The Kier molecular flexibility index (Phi) is 2.65. The van der Waals surface area contributed by atoms with E-state index in [0.717, 1.165) is 11.3 Å². The minimum Gasteiger partial charge on any atom is -0.398 e. The van der Waals surface area contributed by atoms with Gasteiger partial charge in [-0.15, -0.1) is 11.3 Å². The summed E-state index contributed by atoms with van der Waals surface area (Å²) in [7, 11) is 0. The maximum Gasteiger partial charge on any atom is 0.0387 e. The highest BCUT2D eigenvalue weighted by Crippen LogP contribution is 2.16. The molecule has 2 N–H and O–H groups in total. The highest BCUT2D eigenvalue weighted by molar-refractivity contribution is 7.10. The predicted octanol–water partition coefficient (Wildman–Crippen LogP) is 3.50. The van der Waals surface area contributed by atoms with Gasteiger partial charge in [0, 0.05) is 10.6 Å². The van der Waals surface area contributed by atoms with Crippen LogP contribution in [0.2, 0.25) is 0 Å². The molecule has 0 radical (unpaired) electrons. The molecule has 1 aromatic heterocycles. The molecule has 0 aliphatic rings. The topological polar surface area (TPSA) is 26.0 Å². The first-order valence-corrected chi connectivity index (χ1v) is 5.30. The second kappa shape index (κ2) is 4.11. The Hall–Kier alpha value is -1.54. The highest BCUT2D eigenvalue weighted by Gasteiger charge is 1.92. The van der Waals surface area contributed by atoms with Crippen LogP contribution in [0.5, 0.6) is 0 Å². The van der Waals surface area contributed by atoms with Crippen LogP contribution in [0.4, 0.5) is 5.69 Å². The summed E-state index contributed by atoms with van der Waals surface area (Å²) >= 11 is 1.72. The smallest absolute Gasteiger partial charge is 0.0387 e.